The first-order valence-corrected chi connectivity index (χ1v) is 16.8. The Balaban J connectivity index is 2.92. The first-order valence-electron chi connectivity index (χ1n) is 5.83. The van der Waals surface area contributed by atoms with Crippen LogP contribution < -0.4 is 10.6 Å². The van der Waals surface area contributed by atoms with Gasteiger partial charge in [0.2, 0.25) is 0 Å². The molecule has 0 radical (unpaired) electrons. The molecular weight excluding hydrogens is 262 g/mol. The Morgan fingerprint density at radius 1 is 0.688 bits per heavy atom. The van der Waals surface area contributed by atoms with Crippen molar-refractivity contribution in [2.75, 3.05) is 0 Å². The van der Waals surface area contributed by atoms with Crippen LogP contribution in [-0.2, 0) is 0 Å². The van der Waals surface area contributed by atoms with E-state index in [1.807, 2.05) is 0 Å². The minimum atomic E-state index is -0.957. The third kappa shape index (κ3) is 5.73. The highest BCUT2D eigenvalue weighted by Gasteiger charge is 2.19. The summed E-state index contributed by atoms with van der Waals surface area (Å²) in [6.07, 6.45) is 0. The maximum absolute atomic E-state index is 2.47. The zero-order chi connectivity index (χ0) is 12.4. The topological polar surface area (TPSA) is 0 Å². The Bertz CT molecular complexity index is 316. The van der Waals surface area contributed by atoms with Crippen LogP contribution in [0.2, 0.25) is 39.3 Å². The van der Waals surface area contributed by atoms with Crippen molar-refractivity contribution in [3.63, 3.8) is 0 Å². The highest BCUT2D eigenvalue weighted by atomic mass is 31.4. The third-order valence-corrected chi connectivity index (χ3v) is 11.2. The Hall–Kier alpha value is 0.514. The van der Waals surface area contributed by atoms with Gasteiger partial charge in [-0.05, 0) is 10.6 Å². The fourth-order valence-electron chi connectivity index (χ4n) is 1.51. The molecular formula is C12H24P2Si2. The van der Waals surface area contributed by atoms with Crippen LogP contribution in [0, 0.1) is 0 Å². The van der Waals surface area contributed by atoms with E-state index >= 15 is 0 Å². The molecule has 0 aliphatic heterocycles. The van der Waals surface area contributed by atoms with Crippen LogP contribution in [0.5, 0.6) is 0 Å². The molecule has 0 nitrogen and oxygen atoms in total. The van der Waals surface area contributed by atoms with Crippen molar-refractivity contribution in [1.82, 2.24) is 0 Å². The molecule has 4 heteroatoms. The van der Waals surface area contributed by atoms with Gasteiger partial charge in [0.1, 0.15) is 0 Å². The fourth-order valence-corrected chi connectivity index (χ4v) is 11.2. The predicted octanol–water partition coefficient (Wildman–Crippen LogP) is 3.96. The summed E-state index contributed by atoms with van der Waals surface area (Å²) >= 11 is 0. The van der Waals surface area contributed by atoms with Crippen LogP contribution in [0.4, 0.5) is 0 Å². The molecule has 90 valence electrons. The molecule has 1 rings (SSSR count). The lowest BCUT2D eigenvalue weighted by Gasteiger charge is -2.22. The van der Waals surface area contributed by atoms with Crippen molar-refractivity contribution in [1.29, 1.82) is 0 Å². The molecule has 0 spiro atoms. The van der Waals surface area contributed by atoms with Gasteiger partial charge in [-0.2, -0.15) is 0 Å². The van der Waals surface area contributed by atoms with E-state index < -0.39 is 15.5 Å². The normalized spacial score (nSPS) is 14.4. The summed E-state index contributed by atoms with van der Waals surface area (Å²) in [6.45, 7) is 14.8. The third-order valence-electron chi connectivity index (χ3n) is 1.95. The van der Waals surface area contributed by atoms with Crippen molar-refractivity contribution >= 4 is 42.3 Å². The van der Waals surface area contributed by atoms with Crippen molar-refractivity contribution in [3.05, 3.63) is 24.3 Å². The van der Waals surface area contributed by atoms with Gasteiger partial charge in [0.15, 0.2) is 0 Å². The molecule has 0 fully saturated rings. The summed E-state index contributed by atoms with van der Waals surface area (Å²) < 4.78 is 0. The SMILES string of the molecule is C[Si](C)(C)Pc1ccccc1P[Si](C)(C)C. The van der Waals surface area contributed by atoms with Crippen LogP contribution in [0.1, 0.15) is 0 Å². The van der Waals surface area contributed by atoms with Crippen molar-refractivity contribution in [3.8, 4) is 0 Å². The average Bonchev–Trinajstić information content (AvgIpc) is 2.03. The summed E-state index contributed by atoms with van der Waals surface area (Å²) in [4.78, 5) is 0. The summed E-state index contributed by atoms with van der Waals surface area (Å²) in [5.41, 5.74) is 0. The number of hydrogen-bond donors (Lipinski definition) is 0. The van der Waals surface area contributed by atoms with Gasteiger partial charge in [-0.3, -0.25) is 0 Å². The molecule has 0 aliphatic carbocycles. The molecule has 0 aliphatic rings. The van der Waals surface area contributed by atoms with Gasteiger partial charge in [0, 0.05) is 0 Å². The molecule has 1 aromatic rings. The van der Waals surface area contributed by atoms with Gasteiger partial charge in [0.25, 0.3) is 0 Å². The van der Waals surface area contributed by atoms with Gasteiger partial charge in [0.05, 0.1) is 15.5 Å². The summed E-state index contributed by atoms with van der Waals surface area (Å²) in [5.74, 6) is 0. The van der Waals surface area contributed by atoms with Crippen LogP contribution in [-0.4, -0.2) is 15.5 Å². The lowest BCUT2D eigenvalue weighted by molar-refractivity contribution is 1.82. The molecule has 0 aromatic heterocycles. The maximum Gasteiger partial charge on any atom is 0.0737 e. The van der Waals surface area contributed by atoms with Gasteiger partial charge in [-0.25, -0.2) is 0 Å². The van der Waals surface area contributed by atoms with E-state index in [0.29, 0.717) is 0 Å². The summed E-state index contributed by atoms with van der Waals surface area (Å²) in [6, 6.07) is 9.14. The van der Waals surface area contributed by atoms with Crippen LogP contribution in [0.15, 0.2) is 24.3 Å². The first kappa shape index (κ1) is 14.6. The average molecular weight is 286 g/mol. The smallest absolute Gasteiger partial charge is 0.0737 e. The van der Waals surface area contributed by atoms with E-state index in [1.165, 1.54) is 0 Å². The molecule has 0 N–H and O–H groups in total. The molecule has 16 heavy (non-hydrogen) atoms. The second-order valence-corrected chi connectivity index (χ2v) is 27.4. The monoisotopic (exact) mass is 286 g/mol. The minimum absolute atomic E-state index is 0.957. The Labute approximate surface area is 106 Å². The zero-order valence-electron chi connectivity index (χ0n) is 11.3. The lowest BCUT2D eigenvalue weighted by atomic mass is 10.4. The number of hydrogen-bond acceptors (Lipinski definition) is 0. The Kier molecular flexibility index (Phi) is 4.95. The summed E-state index contributed by atoms with van der Waals surface area (Å²) in [7, 11) is 0.219. The highest BCUT2D eigenvalue weighted by Crippen LogP contribution is 2.30. The van der Waals surface area contributed by atoms with E-state index in [2.05, 4.69) is 63.5 Å². The Morgan fingerprint density at radius 2 is 1.00 bits per heavy atom. The van der Waals surface area contributed by atoms with Gasteiger partial charge in [-0.1, -0.05) is 63.5 Å². The minimum Gasteiger partial charge on any atom is -0.102 e. The van der Waals surface area contributed by atoms with Gasteiger partial charge < -0.3 is 0 Å². The molecule has 0 saturated heterocycles. The molecule has 2 atom stereocenters. The molecule has 0 saturated carbocycles. The highest BCUT2D eigenvalue weighted by molar-refractivity contribution is 7.91. The van der Waals surface area contributed by atoms with Crippen molar-refractivity contribution in [2.24, 2.45) is 0 Å². The fraction of sp³-hybridized carbons (Fsp3) is 0.500. The second kappa shape index (κ2) is 5.44. The van der Waals surface area contributed by atoms with E-state index in [4.69, 9.17) is 0 Å². The zero-order valence-corrected chi connectivity index (χ0v) is 15.3. The summed E-state index contributed by atoms with van der Waals surface area (Å²) in [5, 5.41) is 3.31. The second-order valence-electron chi connectivity index (χ2n) is 6.30. The molecule has 0 heterocycles. The standard InChI is InChI=1S/C12H24P2Si2/c1-15(2,3)13-11-9-7-8-10-12(11)14-16(4,5)6/h7-10,13-14H,1-6H3. The Morgan fingerprint density at radius 3 is 1.25 bits per heavy atom. The van der Waals surface area contributed by atoms with Crippen molar-refractivity contribution < 1.29 is 0 Å². The van der Waals surface area contributed by atoms with E-state index in [0.717, 1.165) is 16.3 Å². The van der Waals surface area contributed by atoms with Crippen LogP contribution in [0.3, 0.4) is 0 Å². The lowest BCUT2D eigenvalue weighted by Crippen LogP contribution is -2.28. The maximum atomic E-state index is 2.47. The molecule has 2 unspecified atom stereocenters. The number of rotatable bonds is 4. The first-order chi connectivity index (χ1) is 7.17. The number of benzene rings is 1. The molecule has 1 aromatic carbocycles. The predicted molar refractivity (Wildman–Crippen MR) is 89.0 cm³/mol. The largest absolute Gasteiger partial charge is 0.102 e. The quantitative estimate of drug-likeness (QED) is 0.580. The molecule has 0 amide bonds. The van der Waals surface area contributed by atoms with E-state index in [9.17, 15) is 0 Å². The van der Waals surface area contributed by atoms with E-state index in [1.54, 1.807) is 10.6 Å². The van der Waals surface area contributed by atoms with E-state index in [-0.39, 0.29) is 0 Å². The molecule has 0 bridgehead atoms. The van der Waals surface area contributed by atoms with Crippen molar-refractivity contribution in [2.45, 2.75) is 39.3 Å². The van der Waals surface area contributed by atoms with Gasteiger partial charge >= 0.3 is 0 Å². The van der Waals surface area contributed by atoms with Crippen LogP contribution in [0.25, 0.3) is 0 Å². The van der Waals surface area contributed by atoms with Gasteiger partial charge in [-0.15, -0.1) is 16.3 Å². The van der Waals surface area contributed by atoms with Crippen LogP contribution >= 0.6 is 16.3 Å².